The highest BCUT2D eigenvalue weighted by Crippen LogP contribution is 2.27. The highest BCUT2D eigenvalue weighted by molar-refractivity contribution is 7.13. The van der Waals surface area contributed by atoms with Crippen LogP contribution in [0.5, 0.6) is 0 Å². The highest BCUT2D eigenvalue weighted by atomic mass is 32.1. The van der Waals surface area contributed by atoms with Crippen molar-refractivity contribution in [3.63, 3.8) is 0 Å². The fourth-order valence-corrected chi connectivity index (χ4v) is 3.88. The van der Waals surface area contributed by atoms with Crippen molar-refractivity contribution in [2.45, 2.75) is 19.1 Å². The number of nitrogens with zero attached hydrogens (tertiary/aromatic N) is 2. The van der Waals surface area contributed by atoms with Gasteiger partial charge >= 0.3 is 6.03 Å². The van der Waals surface area contributed by atoms with Gasteiger partial charge in [0.2, 0.25) is 0 Å². The largest absolute Gasteiger partial charge is 0.391 e. The second-order valence-corrected chi connectivity index (χ2v) is 7.59. The molecule has 2 heterocycles. The Hall–Kier alpha value is -2.62. The third-order valence-corrected chi connectivity index (χ3v) is 5.68. The van der Waals surface area contributed by atoms with Gasteiger partial charge in [0.15, 0.2) is 0 Å². The Kier molecular flexibility index (Phi) is 6.50. The first-order chi connectivity index (χ1) is 13.5. The average molecular weight is 404 g/mol. The summed E-state index contributed by atoms with van der Waals surface area (Å²) in [6.07, 6.45) is -1.13. The molecule has 1 fully saturated rings. The van der Waals surface area contributed by atoms with Crippen LogP contribution in [0.3, 0.4) is 0 Å². The van der Waals surface area contributed by atoms with Crippen LogP contribution in [0, 0.1) is 0 Å². The number of thiophene rings is 1. The van der Waals surface area contributed by atoms with E-state index in [1.54, 1.807) is 16.2 Å². The quantitative estimate of drug-likeness (QED) is 0.447. The van der Waals surface area contributed by atoms with Crippen molar-refractivity contribution in [1.29, 1.82) is 0 Å². The molecule has 2 atom stereocenters. The maximum absolute atomic E-state index is 12.4. The molecule has 0 unspecified atom stereocenters. The van der Waals surface area contributed by atoms with Gasteiger partial charge in [0.1, 0.15) is 6.04 Å². The predicted octanol–water partition coefficient (Wildman–Crippen LogP) is 1.50. The van der Waals surface area contributed by atoms with E-state index in [0.29, 0.717) is 26.2 Å². The number of rotatable bonds is 5. The molecule has 1 saturated heterocycles. The SMILES string of the molecule is C[C@H](O)[C@@H](NC(=O)N1CCN(c2ccc(-c3cccs3)cc2)CC1)C(=O)NO. The molecule has 0 aliphatic carbocycles. The van der Waals surface area contributed by atoms with Crippen molar-refractivity contribution in [2.24, 2.45) is 0 Å². The van der Waals surface area contributed by atoms with Gasteiger partial charge in [0, 0.05) is 36.7 Å². The number of hydrogen-bond acceptors (Lipinski definition) is 6. The summed E-state index contributed by atoms with van der Waals surface area (Å²) in [5.41, 5.74) is 3.74. The van der Waals surface area contributed by atoms with Crippen LogP contribution in [0.25, 0.3) is 10.4 Å². The second-order valence-electron chi connectivity index (χ2n) is 6.64. The smallest absolute Gasteiger partial charge is 0.318 e. The van der Waals surface area contributed by atoms with Crippen molar-refractivity contribution in [2.75, 3.05) is 31.1 Å². The molecule has 1 aliphatic heterocycles. The molecule has 2 aromatic rings. The number of hydrogen-bond donors (Lipinski definition) is 4. The van der Waals surface area contributed by atoms with Crippen molar-refractivity contribution in [3.05, 3.63) is 41.8 Å². The van der Waals surface area contributed by atoms with E-state index in [1.807, 2.05) is 6.07 Å². The van der Waals surface area contributed by atoms with Gasteiger partial charge in [-0.15, -0.1) is 11.3 Å². The standard InChI is InChI=1S/C19H24N4O4S/c1-13(24)17(18(25)21-27)20-19(26)23-10-8-22(9-11-23)15-6-4-14(5-7-15)16-3-2-12-28-16/h2-7,12-13,17,24,27H,8-11H2,1H3,(H,20,26)(H,21,25)/t13-,17+/m0/s1. The number of carbonyl (C=O) groups is 2. The molecule has 3 amide bonds. The Labute approximate surface area is 167 Å². The maximum atomic E-state index is 12.4. The Morgan fingerprint density at radius 2 is 1.79 bits per heavy atom. The van der Waals surface area contributed by atoms with Gasteiger partial charge in [-0.05, 0) is 36.1 Å². The number of carbonyl (C=O) groups excluding carboxylic acids is 2. The molecular formula is C19H24N4O4S. The van der Waals surface area contributed by atoms with Gasteiger partial charge in [-0.3, -0.25) is 10.0 Å². The van der Waals surface area contributed by atoms with Crippen LogP contribution in [-0.2, 0) is 4.79 Å². The molecule has 0 bridgehead atoms. The van der Waals surface area contributed by atoms with Crippen LogP contribution < -0.4 is 15.7 Å². The lowest BCUT2D eigenvalue weighted by Gasteiger charge is -2.36. The van der Waals surface area contributed by atoms with Crippen LogP contribution in [-0.4, -0.2) is 65.5 Å². The number of aliphatic hydroxyl groups is 1. The van der Waals surface area contributed by atoms with E-state index in [9.17, 15) is 14.7 Å². The summed E-state index contributed by atoms with van der Waals surface area (Å²) in [6.45, 7) is 3.68. The summed E-state index contributed by atoms with van der Waals surface area (Å²) in [5.74, 6) is -0.854. The molecule has 1 aromatic heterocycles. The van der Waals surface area contributed by atoms with Crippen molar-refractivity contribution in [3.8, 4) is 10.4 Å². The van der Waals surface area contributed by atoms with Gasteiger partial charge in [0.05, 0.1) is 6.10 Å². The number of nitrogens with one attached hydrogen (secondary N) is 2. The summed E-state index contributed by atoms with van der Waals surface area (Å²) >= 11 is 1.70. The van der Waals surface area contributed by atoms with Gasteiger partial charge in [-0.2, -0.15) is 0 Å². The molecule has 150 valence electrons. The van der Waals surface area contributed by atoms with Crippen LogP contribution in [0.15, 0.2) is 41.8 Å². The number of hydroxylamine groups is 1. The Balaban J connectivity index is 1.55. The molecule has 1 aliphatic rings. The number of aliphatic hydroxyl groups excluding tert-OH is 1. The third kappa shape index (κ3) is 4.61. The first-order valence-corrected chi connectivity index (χ1v) is 9.94. The summed E-state index contributed by atoms with van der Waals surface area (Å²) in [5, 5.41) is 22.9. The molecule has 0 saturated carbocycles. The number of amides is 3. The molecule has 28 heavy (non-hydrogen) atoms. The van der Waals surface area contributed by atoms with E-state index in [2.05, 4.69) is 45.9 Å². The molecule has 9 heteroatoms. The molecule has 8 nitrogen and oxygen atoms in total. The zero-order chi connectivity index (χ0) is 20.1. The Bertz CT molecular complexity index is 787. The van der Waals surface area contributed by atoms with E-state index in [0.717, 1.165) is 5.69 Å². The monoisotopic (exact) mass is 404 g/mol. The minimum atomic E-state index is -1.21. The van der Waals surface area contributed by atoms with Crippen LogP contribution in [0.2, 0.25) is 0 Å². The Morgan fingerprint density at radius 3 is 2.32 bits per heavy atom. The van der Waals surface area contributed by atoms with Gasteiger partial charge in [-0.25, -0.2) is 10.3 Å². The van der Waals surface area contributed by atoms with Gasteiger partial charge in [-0.1, -0.05) is 18.2 Å². The van der Waals surface area contributed by atoms with E-state index in [4.69, 9.17) is 5.21 Å². The number of benzene rings is 1. The summed E-state index contributed by atoms with van der Waals surface area (Å²) in [7, 11) is 0. The summed E-state index contributed by atoms with van der Waals surface area (Å²) in [4.78, 5) is 29.0. The number of anilines is 1. The minimum Gasteiger partial charge on any atom is -0.391 e. The lowest BCUT2D eigenvalue weighted by Crippen LogP contribution is -2.58. The minimum absolute atomic E-state index is 0.442. The van der Waals surface area contributed by atoms with Crippen LogP contribution in [0.1, 0.15) is 6.92 Å². The first kappa shape index (κ1) is 20.1. The van der Waals surface area contributed by atoms with Crippen LogP contribution >= 0.6 is 11.3 Å². The van der Waals surface area contributed by atoms with Crippen molar-refractivity contribution >= 4 is 29.0 Å². The average Bonchev–Trinajstić information content (AvgIpc) is 3.26. The molecule has 0 radical (unpaired) electrons. The normalized spacial score (nSPS) is 16.4. The molecule has 1 aromatic carbocycles. The molecular weight excluding hydrogens is 380 g/mol. The first-order valence-electron chi connectivity index (χ1n) is 9.06. The second kappa shape index (κ2) is 9.05. The van der Waals surface area contributed by atoms with E-state index >= 15 is 0 Å². The molecule has 0 spiro atoms. The number of urea groups is 1. The maximum Gasteiger partial charge on any atom is 0.318 e. The van der Waals surface area contributed by atoms with Gasteiger partial charge in [0.25, 0.3) is 5.91 Å². The van der Waals surface area contributed by atoms with Crippen molar-refractivity contribution in [1.82, 2.24) is 15.7 Å². The van der Waals surface area contributed by atoms with E-state index < -0.39 is 24.1 Å². The van der Waals surface area contributed by atoms with E-state index in [-0.39, 0.29) is 0 Å². The zero-order valence-corrected chi connectivity index (χ0v) is 16.4. The fourth-order valence-electron chi connectivity index (χ4n) is 3.15. The number of piperazine rings is 1. The third-order valence-electron chi connectivity index (χ3n) is 4.76. The topological polar surface area (TPSA) is 105 Å². The van der Waals surface area contributed by atoms with E-state index in [1.165, 1.54) is 22.8 Å². The predicted molar refractivity (Wildman–Crippen MR) is 107 cm³/mol. The summed E-state index contributed by atoms with van der Waals surface area (Å²) in [6, 6.07) is 10.8. The Morgan fingerprint density at radius 1 is 1.11 bits per heavy atom. The molecule has 4 N–H and O–H groups in total. The highest BCUT2D eigenvalue weighted by Gasteiger charge is 2.29. The fraction of sp³-hybridized carbons (Fsp3) is 0.368. The van der Waals surface area contributed by atoms with Crippen LogP contribution in [0.4, 0.5) is 10.5 Å². The van der Waals surface area contributed by atoms with Gasteiger partial charge < -0.3 is 20.2 Å². The summed E-state index contributed by atoms with van der Waals surface area (Å²) < 4.78 is 0. The van der Waals surface area contributed by atoms with Crippen molar-refractivity contribution < 1.29 is 19.9 Å². The zero-order valence-electron chi connectivity index (χ0n) is 15.5. The lowest BCUT2D eigenvalue weighted by atomic mass is 10.1. The molecule has 3 rings (SSSR count). The lowest BCUT2D eigenvalue weighted by molar-refractivity contribution is -0.133.